The Kier molecular flexibility index (Phi) is 5.37. The summed E-state index contributed by atoms with van der Waals surface area (Å²) in [7, 11) is -3.46. The second-order valence-corrected chi connectivity index (χ2v) is 8.01. The SMILES string of the molecule is O=S(=O)(NCCNc1ccc(-c2ccc(F)cc2)nn1)c1cccs1. The van der Waals surface area contributed by atoms with E-state index >= 15 is 0 Å². The van der Waals surface area contributed by atoms with Gasteiger partial charge in [-0.3, -0.25) is 0 Å². The molecule has 0 saturated heterocycles. The van der Waals surface area contributed by atoms with Gasteiger partial charge in [-0.05, 0) is 47.8 Å². The highest BCUT2D eigenvalue weighted by Crippen LogP contribution is 2.17. The Morgan fingerprint density at radius 3 is 2.44 bits per heavy atom. The van der Waals surface area contributed by atoms with E-state index in [-0.39, 0.29) is 16.6 Å². The van der Waals surface area contributed by atoms with Crippen LogP contribution >= 0.6 is 11.3 Å². The number of nitrogens with zero attached hydrogens (tertiary/aromatic N) is 2. The van der Waals surface area contributed by atoms with Gasteiger partial charge in [-0.2, -0.15) is 0 Å². The van der Waals surface area contributed by atoms with Crippen molar-refractivity contribution in [2.75, 3.05) is 18.4 Å². The quantitative estimate of drug-likeness (QED) is 0.618. The molecular weight excluding hydrogens is 363 g/mol. The molecule has 0 aliphatic heterocycles. The first kappa shape index (κ1) is 17.5. The molecule has 0 fully saturated rings. The highest BCUT2D eigenvalue weighted by molar-refractivity contribution is 7.91. The van der Waals surface area contributed by atoms with E-state index in [2.05, 4.69) is 20.2 Å². The molecule has 0 saturated carbocycles. The third kappa shape index (κ3) is 4.59. The fourth-order valence-corrected chi connectivity index (χ4v) is 4.13. The summed E-state index contributed by atoms with van der Waals surface area (Å²) < 4.78 is 39.6. The normalized spacial score (nSPS) is 11.4. The summed E-state index contributed by atoms with van der Waals surface area (Å²) in [6.45, 7) is 0.594. The number of nitrogens with one attached hydrogen (secondary N) is 2. The number of thiophene rings is 1. The standard InChI is InChI=1S/C16H15FN4O2S2/c17-13-5-3-12(4-6-13)14-7-8-15(21-20-14)18-9-10-19-25(22,23)16-2-1-11-24-16/h1-8,11,19H,9-10H2,(H,18,21). The van der Waals surface area contributed by atoms with Crippen molar-refractivity contribution in [2.45, 2.75) is 4.21 Å². The lowest BCUT2D eigenvalue weighted by molar-refractivity contribution is 0.585. The van der Waals surface area contributed by atoms with Gasteiger partial charge in [0.05, 0.1) is 5.69 Å². The molecule has 0 unspecified atom stereocenters. The van der Waals surface area contributed by atoms with E-state index in [0.29, 0.717) is 18.1 Å². The Hall–Kier alpha value is -2.36. The molecule has 0 aliphatic carbocycles. The Morgan fingerprint density at radius 1 is 1.00 bits per heavy atom. The van der Waals surface area contributed by atoms with Crippen LogP contribution in [-0.2, 0) is 10.0 Å². The first-order valence-electron chi connectivity index (χ1n) is 7.41. The van der Waals surface area contributed by atoms with Gasteiger partial charge in [-0.25, -0.2) is 17.5 Å². The second kappa shape index (κ2) is 7.68. The molecule has 2 aromatic heterocycles. The minimum Gasteiger partial charge on any atom is -0.367 e. The fourth-order valence-electron chi connectivity index (χ4n) is 2.06. The van der Waals surface area contributed by atoms with Gasteiger partial charge < -0.3 is 5.32 Å². The van der Waals surface area contributed by atoms with Crippen molar-refractivity contribution in [3.8, 4) is 11.3 Å². The Balaban J connectivity index is 1.51. The van der Waals surface area contributed by atoms with E-state index in [1.54, 1.807) is 41.8 Å². The molecule has 9 heteroatoms. The average Bonchev–Trinajstić information content (AvgIpc) is 3.16. The predicted molar refractivity (Wildman–Crippen MR) is 95.4 cm³/mol. The van der Waals surface area contributed by atoms with E-state index in [4.69, 9.17) is 0 Å². The Morgan fingerprint density at radius 2 is 1.80 bits per heavy atom. The number of hydrogen-bond donors (Lipinski definition) is 2. The first-order chi connectivity index (χ1) is 12.0. The molecule has 6 nitrogen and oxygen atoms in total. The van der Waals surface area contributed by atoms with Gasteiger partial charge in [0, 0.05) is 18.7 Å². The topological polar surface area (TPSA) is 84.0 Å². The minimum atomic E-state index is -3.46. The van der Waals surface area contributed by atoms with Crippen LogP contribution in [0.1, 0.15) is 0 Å². The number of anilines is 1. The van der Waals surface area contributed by atoms with Crippen molar-refractivity contribution in [2.24, 2.45) is 0 Å². The molecule has 1 aromatic carbocycles. The monoisotopic (exact) mass is 378 g/mol. The molecule has 0 radical (unpaired) electrons. The maximum absolute atomic E-state index is 12.9. The van der Waals surface area contributed by atoms with Crippen molar-refractivity contribution < 1.29 is 12.8 Å². The summed E-state index contributed by atoms with van der Waals surface area (Å²) in [4.78, 5) is 0. The molecule has 3 aromatic rings. The lowest BCUT2D eigenvalue weighted by Gasteiger charge is -2.07. The number of aromatic nitrogens is 2. The molecule has 2 N–H and O–H groups in total. The van der Waals surface area contributed by atoms with E-state index in [0.717, 1.165) is 5.56 Å². The second-order valence-electron chi connectivity index (χ2n) is 5.07. The number of hydrogen-bond acceptors (Lipinski definition) is 6. The lowest BCUT2D eigenvalue weighted by Crippen LogP contribution is -2.28. The van der Waals surface area contributed by atoms with E-state index < -0.39 is 10.0 Å². The minimum absolute atomic E-state index is 0.224. The number of benzene rings is 1. The van der Waals surface area contributed by atoms with Gasteiger partial charge in [0.15, 0.2) is 0 Å². The van der Waals surface area contributed by atoms with Gasteiger partial charge in [-0.1, -0.05) is 6.07 Å². The Bertz CT molecular complexity index is 912. The van der Waals surface area contributed by atoms with Crippen LogP contribution in [0.4, 0.5) is 10.2 Å². The highest BCUT2D eigenvalue weighted by Gasteiger charge is 2.13. The summed E-state index contributed by atoms with van der Waals surface area (Å²) in [6, 6.07) is 12.7. The summed E-state index contributed by atoms with van der Waals surface area (Å²) in [6.07, 6.45) is 0. The molecule has 25 heavy (non-hydrogen) atoms. The van der Waals surface area contributed by atoms with Crippen molar-refractivity contribution in [1.82, 2.24) is 14.9 Å². The fraction of sp³-hybridized carbons (Fsp3) is 0.125. The van der Waals surface area contributed by atoms with Crippen LogP contribution < -0.4 is 10.0 Å². The zero-order chi connectivity index (χ0) is 17.7. The molecule has 0 spiro atoms. The maximum Gasteiger partial charge on any atom is 0.250 e. The zero-order valence-corrected chi connectivity index (χ0v) is 14.6. The molecule has 0 bridgehead atoms. The van der Waals surface area contributed by atoms with Gasteiger partial charge in [0.2, 0.25) is 10.0 Å². The number of rotatable bonds is 7. The van der Waals surface area contributed by atoms with Gasteiger partial charge in [-0.15, -0.1) is 21.5 Å². The third-order valence-electron chi connectivity index (χ3n) is 3.29. The summed E-state index contributed by atoms with van der Waals surface area (Å²) in [5, 5.41) is 12.8. The molecule has 2 heterocycles. The van der Waals surface area contributed by atoms with Crippen LogP contribution in [0.15, 0.2) is 58.1 Å². The van der Waals surface area contributed by atoms with Crippen LogP contribution in [0.25, 0.3) is 11.3 Å². The van der Waals surface area contributed by atoms with E-state index in [9.17, 15) is 12.8 Å². The van der Waals surface area contributed by atoms with E-state index in [1.165, 1.54) is 23.5 Å². The van der Waals surface area contributed by atoms with Crippen molar-refractivity contribution >= 4 is 27.2 Å². The van der Waals surface area contributed by atoms with Crippen molar-refractivity contribution in [3.63, 3.8) is 0 Å². The van der Waals surface area contributed by atoms with E-state index in [1.807, 2.05) is 0 Å². The zero-order valence-electron chi connectivity index (χ0n) is 13.0. The Labute approximate surface area is 148 Å². The molecule has 0 atom stereocenters. The largest absolute Gasteiger partial charge is 0.367 e. The summed E-state index contributed by atoms with van der Waals surface area (Å²) in [5.41, 5.74) is 1.40. The molecular formula is C16H15FN4O2S2. The molecule has 3 rings (SSSR count). The van der Waals surface area contributed by atoms with Crippen molar-refractivity contribution in [3.05, 3.63) is 59.7 Å². The third-order valence-corrected chi connectivity index (χ3v) is 6.15. The van der Waals surface area contributed by atoms with Crippen LogP contribution in [-0.4, -0.2) is 31.7 Å². The van der Waals surface area contributed by atoms with Crippen LogP contribution in [0.5, 0.6) is 0 Å². The van der Waals surface area contributed by atoms with Crippen molar-refractivity contribution in [1.29, 1.82) is 0 Å². The van der Waals surface area contributed by atoms with Gasteiger partial charge >= 0.3 is 0 Å². The smallest absolute Gasteiger partial charge is 0.250 e. The van der Waals surface area contributed by atoms with Crippen LogP contribution in [0, 0.1) is 5.82 Å². The van der Waals surface area contributed by atoms with Gasteiger partial charge in [0.1, 0.15) is 15.8 Å². The number of sulfonamides is 1. The highest BCUT2D eigenvalue weighted by atomic mass is 32.2. The molecule has 0 aliphatic rings. The lowest BCUT2D eigenvalue weighted by atomic mass is 10.1. The first-order valence-corrected chi connectivity index (χ1v) is 9.77. The molecule has 130 valence electrons. The summed E-state index contributed by atoms with van der Waals surface area (Å²) in [5.74, 6) is 0.223. The number of halogens is 1. The average molecular weight is 378 g/mol. The maximum atomic E-state index is 12.9. The van der Waals surface area contributed by atoms with Crippen LogP contribution in [0.2, 0.25) is 0 Å². The van der Waals surface area contributed by atoms with Gasteiger partial charge in [0.25, 0.3) is 0 Å². The molecule has 0 amide bonds. The van der Waals surface area contributed by atoms with Crippen LogP contribution in [0.3, 0.4) is 0 Å². The summed E-state index contributed by atoms with van der Waals surface area (Å²) >= 11 is 1.17. The predicted octanol–water partition coefficient (Wildman–Crippen LogP) is 2.73.